The van der Waals surface area contributed by atoms with E-state index in [1.54, 1.807) is 28.6 Å². The fourth-order valence-corrected chi connectivity index (χ4v) is 4.12. The summed E-state index contributed by atoms with van der Waals surface area (Å²) in [4.78, 5) is 0. The fourth-order valence-electron chi connectivity index (χ4n) is 1.87. The molecule has 3 aromatic rings. The molecule has 0 aliphatic carbocycles. The van der Waals surface area contributed by atoms with E-state index < -0.39 is 0 Å². The van der Waals surface area contributed by atoms with E-state index in [-0.39, 0.29) is 5.82 Å². The van der Waals surface area contributed by atoms with Crippen molar-refractivity contribution in [3.8, 4) is 11.4 Å². The molecular weight excluding hydrogens is 351 g/mol. The summed E-state index contributed by atoms with van der Waals surface area (Å²) in [7, 11) is 0. The summed E-state index contributed by atoms with van der Waals surface area (Å²) in [6, 6.07) is 15.8. The summed E-state index contributed by atoms with van der Waals surface area (Å²) in [6.45, 7) is 0.595. The summed E-state index contributed by atoms with van der Waals surface area (Å²) >= 11 is 8.36. The Labute approximate surface area is 146 Å². The number of hydrogen-bond donors (Lipinski definition) is 0. The van der Waals surface area contributed by atoms with Gasteiger partial charge in [0.15, 0.2) is 8.29 Å². The third-order valence-corrected chi connectivity index (χ3v) is 5.25. The molecule has 118 valence electrons. The first kappa shape index (κ1) is 16.2. The fraction of sp³-hybridized carbons (Fsp3) is 0.125. The van der Waals surface area contributed by atoms with E-state index in [1.807, 2.05) is 30.3 Å². The molecule has 0 saturated heterocycles. The summed E-state index contributed by atoms with van der Waals surface area (Å²) in [5.74, 6) is 1.36. The van der Waals surface area contributed by atoms with Gasteiger partial charge in [-0.25, -0.2) is 9.07 Å². The summed E-state index contributed by atoms with van der Waals surface area (Å²) in [5, 5.41) is 4.47. The molecule has 3 nitrogen and oxygen atoms in total. The summed E-state index contributed by atoms with van der Waals surface area (Å²) in [5.41, 5.74) is 0.764. The number of benzene rings is 2. The Kier molecular flexibility index (Phi) is 5.43. The molecule has 0 radical (unpaired) electrons. The molecule has 0 aliphatic rings. The Morgan fingerprint density at radius 2 is 1.87 bits per heavy atom. The Bertz CT molecular complexity index is 815. The van der Waals surface area contributed by atoms with Gasteiger partial charge in [0.05, 0.1) is 12.3 Å². The van der Waals surface area contributed by atoms with E-state index in [0.717, 1.165) is 21.5 Å². The van der Waals surface area contributed by atoms with Gasteiger partial charge in [0.1, 0.15) is 11.6 Å². The monoisotopic (exact) mass is 364 g/mol. The first-order chi connectivity index (χ1) is 11.2. The van der Waals surface area contributed by atoms with Gasteiger partial charge in [-0.3, -0.25) is 0 Å². The second-order valence-corrected chi connectivity index (χ2v) is 7.50. The number of thioether (sulfide) groups is 1. The Balaban J connectivity index is 1.58. The van der Waals surface area contributed by atoms with Crippen molar-refractivity contribution in [1.29, 1.82) is 0 Å². The minimum Gasteiger partial charge on any atom is -0.493 e. The normalized spacial score (nSPS) is 10.7. The van der Waals surface area contributed by atoms with Crippen molar-refractivity contribution in [1.82, 2.24) is 9.78 Å². The molecular formula is C16H13FN2OS3. The van der Waals surface area contributed by atoms with Gasteiger partial charge >= 0.3 is 0 Å². The van der Waals surface area contributed by atoms with Crippen LogP contribution in [0.3, 0.4) is 0 Å². The van der Waals surface area contributed by atoms with Crippen molar-refractivity contribution in [3.63, 3.8) is 0 Å². The lowest BCUT2D eigenvalue weighted by Crippen LogP contribution is -2.00. The average molecular weight is 364 g/mol. The highest BCUT2D eigenvalue weighted by Crippen LogP contribution is 2.24. The van der Waals surface area contributed by atoms with Crippen LogP contribution in [-0.2, 0) is 0 Å². The maximum atomic E-state index is 13.0. The van der Waals surface area contributed by atoms with Crippen LogP contribution in [0.2, 0.25) is 0 Å². The Hall–Kier alpha value is -1.70. The first-order valence-corrected chi connectivity index (χ1v) is 9.10. The Morgan fingerprint density at radius 3 is 2.61 bits per heavy atom. The zero-order valence-corrected chi connectivity index (χ0v) is 14.5. The van der Waals surface area contributed by atoms with Crippen molar-refractivity contribution >= 4 is 35.3 Å². The van der Waals surface area contributed by atoms with Crippen molar-refractivity contribution in [3.05, 3.63) is 64.4 Å². The molecule has 2 aromatic carbocycles. The van der Waals surface area contributed by atoms with E-state index in [4.69, 9.17) is 17.0 Å². The molecule has 0 atom stereocenters. The highest BCUT2D eigenvalue weighted by Gasteiger charge is 2.06. The third kappa shape index (κ3) is 4.40. The van der Waals surface area contributed by atoms with Gasteiger partial charge in [-0.1, -0.05) is 41.3 Å². The minimum absolute atomic E-state index is 0.275. The Morgan fingerprint density at radius 1 is 1.13 bits per heavy atom. The molecule has 1 aromatic heterocycles. The van der Waals surface area contributed by atoms with Crippen LogP contribution in [0.1, 0.15) is 0 Å². The maximum absolute atomic E-state index is 13.0. The molecule has 0 bridgehead atoms. The standard InChI is InChI=1S/C16H13FN2OS3/c17-12-6-8-13(9-7-12)19-16(21)23-15(18-19)22-11-10-20-14-4-2-1-3-5-14/h1-9H,10-11H2. The van der Waals surface area contributed by atoms with Crippen LogP contribution in [-0.4, -0.2) is 22.1 Å². The van der Waals surface area contributed by atoms with Crippen molar-refractivity contribution in [2.45, 2.75) is 4.34 Å². The van der Waals surface area contributed by atoms with Crippen molar-refractivity contribution in [2.24, 2.45) is 0 Å². The molecule has 0 spiro atoms. The molecule has 0 N–H and O–H groups in total. The molecule has 0 unspecified atom stereocenters. The predicted octanol–water partition coefficient (Wildman–Crippen LogP) is 4.97. The van der Waals surface area contributed by atoms with E-state index in [0.29, 0.717) is 10.6 Å². The largest absolute Gasteiger partial charge is 0.493 e. The topological polar surface area (TPSA) is 27.1 Å². The van der Waals surface area contributed by atoms with Crippen LogP contribution in [0.15, 0.2) is 58.9 Å². The van der Waals surface area contributed by atoms with Gasteiger partial charge in [-0.15, -0.1) is 5.10 Å². The SMILES string of the molecule is Fc1ccc(-n2nc(SCCOc3ccccc3)sc2=S)cc1. The highest BCUT2D eigenvalue weighted by molar-refractivity contribution is 8.01. The van der Waals surface area contributed by atoms with E-state index in [9.17, 15) is 4.39 Å². The van der Waals surface area contributed by atoms with Crippen LogP contribution >= 0.6 is 35.3 Å². The van der Waals surface area contributed by atoms with Gasteiger partial charge in [0.25, 0.3) is 0 Å². The lowest BCUT2D eigenvalue weighted by molar-refractivity contribution is 0.344. The number of halogens is 1. The van der Waals surface area contributed by atoms with Gasteiger partial charge in [0, 0.05) is 5.75 Å². The molecule has 3 rings (SSSR count). The van der Waals surface area contributed by atoms with Crippen LogP contribution in [0.4, 0.5) is 4.39 Å². The van der Waals surface area contributed by atoms with Crippen LogP contribution in [0.25, 0.3) is 5.69 Å². The molecule has 0 fully saturated rings. The predicted molar refractivity (Wildman–Crippen MR) is 94.9 cm³/mol. The highest BCUT2D eigenvalue weighted by atomic mass is 32.2. The number of ether oxygens (including phenoxy) is 1. The zero-order valence-electron chi connectivity index (χ0n) is 12.0. The molecule has 23 heavy (non-hydrogen) atoms. The van der Waals surface area contributed by atoms with Gasteiger partial charge in [-0.05, 0) is 48.6 Å². The van der Waals surface area contributed by atoms with Crippen LogP contribution in [0, 0.1) is 9.77 Å². The summed E-state index contributed by atoms with van der Waals surface area (Å²) < 4.78 is 21.8. The van der Waals surface area contributed by atoms with Crippen LogP contribution in [0.5, 0.6) is 5.75 Å². The van der Waals surface area contributed by atoms with Gasteiger partial charge in [-0.2, -0.15) is 0 Å². The number of para-hydroxylation sites is 1. The van der Waals surface area contributed by atoms with Gasteiger partial charge in [0.2, 0.25) is 0 Å². The molecule has 0 amide bonds. The van der Waals surface area contributed by atoms with Crippen LogP contribution < -0.4 is 4.74 Å². The van der Waals surface area contributed by atoms with E-state index in [2.05, 4.69) is 5.10 Å². The van der Waals surface area contributed by atoms with Gasteiger partial charge < -0.3 is 4.74 Å². The molecule has 0 saturated carbocycles. The number of rotatable bonds is 6. The first-order valence-electron chi connectivity index (χ1n) is 6.89. The van der Waals surface area contributed by atoms with E-state index >= 15 is 0 Å². The molecule has 0 aliphatic heterocycles. The average Bonchev–Trinajstić information content (AvgIpc) is 2.94. The molecule has 1 heterocycles. The van der Waals surface area contributed by atoms with Crippen molar-refractivity contribution < 1.29 is 9.13 Å². The zero-order chi connectivity index (χ0) is 16.1. The lowest BCUT2D eigenvalue weighted by Gasteiger charge is -2.04. The third-order valence-electron chi connectivity index (χ3n) is 2.92. The number of nitrogens with zero attached hydrogens (tertiary/aromatic N) is 2. The van der Waals surface area contributed by atoms with E-state index in [1.165, 1.54) is 23.5 Å². The lowest BCUT2D eigenvalue weighted by atomic mass is 10.3. The van der Waals surface area contributed by atoms with Crippen molar-refractivity contribution in [2.75, 3.05) is 12.4 Å². The second kappa shape index (κ2) is 7.72. The second-order valence-electron chi connectivity index (χ2n) is 4.53. The quantitative estimate of drug-likeness (QED) is 0.350. The number of aromatic nitrogens is 2. The smallest absolute Gasteiger partial charge is 0.184 e. The minimum atomic E-state index is -0.275. The maximum Gasteiger partial charge on any atom is 0.184 e. The molecule has 7 heteroatoms. The summed E-state index contributed by atoms with van der Waals surface area (Å²) in [6.07, 6.45) is 0. The number of hydrogen-bond acceptors (Lipinski definition) is 5.